The monoisotopic (exact) mass is 286 g/mol. The van der Waals surface area contributed by atoms with Gasteiger partial charge in [-0.25, -0.2) is 0 Å². The summed E-state index contributed by atoms with van der Waals surface area (Å²) >= 11 is 0. The topological polar surface area (TPSA) is 59.6 Å². The quantitative estimate of drug-likeness (QED) is 0.606. The molecular weight excluding hydrogens is 268 g/mol. The molecule has 2 aromatic carbocycles. The van der Waals surface area contributed by atoms with Gasteiger partial charge < -0.3 is 10.1 Å². The van der Waals surface area contributed by atoms with Gasteiger partial charge in [-0.15, -0.1) is 0 Å². The standard InChI is InChI=1S/C16H18N2O3/c1-20-15-10-6-5-9-14(15)18-16(19)11-17-21-12-13-7-3-2-4-8-13/h2-10,17H,11-12H2,1H3,(H,18,19). The van der Waals surface area contributed by atoms with Crippen molar-refractivity contribution in [2.24, 2.45) is 0 Å². The Hall–Kier alpha value is -2.37. The Kier molecular flexibility index (Phi) is 5.75. The molecule has 21 heavy (non-hydrogen) atoms. The predicted octanol–water partition coefficient (Wildman–Crippen LogP) is 2.36. The third-order valence-corrected chi connectivity index (χ3v) is 2.80. The molecule has 1 amide bonds. The lowest BCUT2D eigenvalue weighted by atomic mass is 10.2. The van der Waals surface area contributed by atoms with Crippen LogP contribution < -0.4 is 15.5 Å². The highest BCUT2D eigenvalue weighted by molar-refractivity contribution is 5.93. The molecule has 5 heteroatoms. The van der Waals surface area contributed by atoms with Crippen molar-refractivity contribution in [2.45, 2.75) is 6.61 Å². The molecule has 5 nitrogen and oxygen atoms in total. The second-order valence-corrected chi connectivity index (χ2v) is 4.34. The third kappa shape index (κ3) is 4.91. The first-order valence-corrected chi connectivity index (χ1v) is 6.61. The Morgan fingerprint density at radius 2 is 1.76 bits per heavy atom. The van der Waals surface area contributed by atoms with Gasteiger partial charge in [-0.3, -0.25) is 9.63 Å². The molecule has 2 N–H and O–H groups in total. The number of hydrogen-bond donors (Lipinski definition) is 2. The number of amides is 1. The van der Waals surface area contributed by atoms with E-state index in [0.29, 0.717) is 18.0 Å². The van der Waals surface area contributed by atoms with E-state index in [1.54, 1.807) is 19.2 Å². The molecule has 0 spiro atoms. The summed E-state index contributed by atoms with van der Waals surface area (Å²) in [5.74, 6) is 0.420. The number of ether oxygens (including phenoxy) is 1. The highest BCUT2D eigenvalue weighted by Crippen LogP contribution is 2.22. The van der Waals surface area contributed by atoms with E-state index < -0.39 is 0 Å². The van der Waals surface area contributed by atoms with Crippen LogP contribution in [0.5, 0.6) is 5.75 Å². The number of hydrogen-bond acceptors (Lipinski definition) is 4. The number of hydroxylamine groups is 1. The molecule has 0 heterocycles. The van der Waals surface area contributed by atoms with E-state index >= 15 is 0 Å². The summed E-state index contributed by atoms with van der Waals surface area (Å²) in [4.78, 5) is 17.0. The van der Waals surface area contributed by atoms with Crippen molar-refractivity contribution in [3.63, 3.8) is 0 Å². The van der Waals surface area contributed by atoms with E-state index in [1.807, 2.05) is 42.5 Å². The van der Waals surface area contributed by atoms with Gasteiger partial charge in [-0.05, 0) is 17.7 Å². The van der Waals surface area contributed by atoms with Crippen LogP contribution in [0.1, 0.15) is 5.56 Å². The summed E-state index contributed by atoms with van der Waals surface area (Å²) in [6.45, 7) is 0.466. The molecule has 0 saturated heterocycles. The number of rotatable bonds is 7. The van der Waals surface area contributed by atoms with Crippen LogP contribution in [0.4, 0.5) is 5.69 Å². The zero-order valence-electron chi connectivity index (χ0n) is 11.8. The van der Waals surface area contributed by atoms with Gasteiger partial charge in [0.25, 0.3) is 0 Å². The Balaban J connectivity index is 1.72. The average Bonchev–Trinajstić information content (AvgIpc) is 2.53. The van der Waals surface area contributed by atoms with Crippen molar-refractivity contribution in [3.05, 3.63) is 60.2 Å². The fourth-order valence-corrected chi connectivity index (χ4v) is 1.77. The normalized spacial score (nSPS) is 10.1. The second-order valence-electron chi connectivity index (χ2n) is 4.34. The highest BCUT2D eigenvalue weighted by Gasteiger charge is 2.06. The Morgan fingerprint density at radius 1 is 1.05 bits per heavy atom. The number of anilines is 1. The summed E-state index contributed by atoms with van der Waals surface area (Å²) in [6, 6.07) is 17.0. The van der Waals surface area contributed by atoms with E-state index in [4.69, 9.17) is 9.57 Å². The summed E-state index contributed by atoms with van der Waals surface area (Å²) < 4.78 is 5.16. The van der Waals surface area contributed by atoms with Crippen LogP contribution in [0, 0.1) is 0 Å². The molecular formula is C16H18N2O3. The van der Waals surface area contributed by atoms with Crippen molar-refractivity contribution >= 4 is 11.6 Å². The smallest absolute Gasteiger partial charge is 0.240 e. The first-order chi connectivity index (χ1) is 10.3. The molecule has 0 unspecified atom stereocenters. The molecule has 0 aliphatic heterocycles. The van der Waals surface area contributed by atoms with E-state index in [9.17, 15) is 4.79 Å². The van der Waals surface area contributed by atoms with Gasteiger partial charge in [0, 0.05) is 0 Å². The van der Waals surface area contributed by atoms with Gasteiger partial charge in [0.05, 0.1) is 19.4 Å². The van der Waals surface area contributed by atoms with E-state index in [1.165, 1.54) is 0 Å². The molecule has 0 atom stereocenters. The summed E-state index contributed by atoms with van der Waals surface area (Å²) in [5.41, 5.74) is 4.31. The van der Waals surface area contributed by atoms with E-state index in [2.05, 4.69) is 10.8 Å². The molecule has 0 aromatic heterocycles. The number of benzene rings is 2. The van der Waals surface area contributed by atoms with Crippen LogP contribution in [0.15, 0.2) is 54.6 Å². The zero-order valence-corrected chi connectivity index (χ0v) is 11.8. The summed E-state index contributed by atoms with van der Waals surface area (Å²) in [5, 5.41) is 2.75. The Bertz CT molecular complexity index is 573. The fourth-order valence-electron chi connectivity index (χ4n) is 1.77. The first kappa shape index (κ1) is 15.0. The van der Waals surface area contributed by atoms with Gasteiger partial charge in [0.2, 0.25) is 5.91 Å². The fraction of sp³-hybridized carbons (Fsp3) is 0.188. The van der Waals surface area contributed by atoms with Crippen molar-refractivity contribution in [1.82, 2.24) is 5.48 Å². The number of carbonyl (C=O) groups is 1. The molecule has 0 aliphatic carbocycles. The largest absolute Gasteiger partial charge is 0.495 e. The lowest BCUT2D eigenvalue weighted by molar-refractivity contribution is -0.118. The zero-order chi connectivity index (χ0) is 14.9. The Morgan fingerprint density at radius 3 is 2.52 bits per heavy atom. The van der Waals surface area contributed by atoms with Crippen LogP contribution in [0.3, 0.4) is 0 Å². The molecule has 0 aliphatic rings. The van der Waals surface area contributed by atoms with Crippen LogP contribution in [0.2, 0.25) is 0 Å². The first-order valence-electron chi connectivity index (χ1n) is 6.61. The number of carbonyl (C=O) groups excluding carboxylic acids is 1. The molecule has 2 rings (SSSR count). The van der Waals surface area contributed by atoms with E-state index in [-0.39, 0.29) is 12.5 Å². The van der Waals surface area contributed by atoms with Crippen LogP contribution >= 0.6 is 0 Å². The minimum Gasteiger partial charge on any atom is -0.495 e. The van der Waals surface area contributed by atoms with Crippen molar-refractivity contribution in [1.29, 1.82) is 0 Å². The van der Waals surface area contributed by atoms with Gasteiger partial charge in [-0.1, -0.05) is 42.5 Å². The maximum atomic E-state index is 11.8. The van der Waals surface area contributed by atoms with Gasteiger partial charge in [0.1, 0.15) is 12.3 Å². The number of para-hydroxylation sites is 2. The molecule has 110 valence electrons. The lowest BCUT2D eigenvalue weighted by Crippen LogP contribution is -2.28. The predicted molar refractivity (Wildman–Crippen MR) is 80.9 cm³/mol. The van der Waals surface area contributed by atoms with Gasteiger partial charge in [-0.2, -0.15) is 5.48 Å². The summed E-state index contributed by atoms with van der Waals surface area (Å²) in [6.07, 6.45) is 0. The lowest BCUT2D eigenvalue weighted by Gasteiger charge is -2.10. The van der Waals surface area contributed by atoms with Crippen LogP contribution in [0.25, 0.3) is 0 Å². The maximum Gasteiger partial charge on any atom is 0.240 e. The molecule has 2 aromatic rings. The SMILES string of the molecule is COc1ccccc1NC(=O)CNOCc1ccccc1. The van der Waals surface area contributed by atoms with Crippen molar-refractivity contribution in [2.75, 3.05) is 19.0 Å². The maximum absolute atomic E-state index is 11.8. The van der Waals surface area contributed by atoms with Gasteiger partial charge >= 0.3 is 0 Å². The second kappa shape index (κ2) is 8.04. The van der Waals surface area contributed by atoms with Crippen molar-refractivity contribution < 1.29 is 14.4 Å². The van der Waals surface area contributed by atoms with Crippen molar-refractivity contribution in [3.8, 4) is 5.75 Å². The molecule has 0 fully saturated rings. The Labute approximate surface area is 123 Å². The molecule has 0 radical (unpaired) electrons. The summed E-state index contributed by atoms with van der Waals surface area (Å²) in [7, 11) is 1.56. The average molecular weight is 286 g/mol. The molecule has 0 saturated carbocycles. The minimum atomic E-state index is -0.201. The van der Waals surface area contributed by atoms with E-state index in [0.717, 1.165) is 5.56 Å². The van der Waals surface area contributed by atoms with Crippen LogP contribution in [-0.2, 0) is 16.2 Å². The molecule has 0 bridgehead atoms. The highest BCUT2D eigenvalue weighted by atomic mass is 16.6. The number of nitrogens with one attached hydrogen (secondary N) is 2. The number of methoxy groups -OCH3 is 1. The third-order valence-electron chi connectivity index (χ3n) is 2.80. The van der Waals surface area contributed by atoms with Crippen LogP contribution in [-0.4, -0.2) is 19.6 Å². The minimum absolute atomic E-state index is 0.0604. The van der Waals surface area contributed by atoms with Gasteiger partial charge in [0.15, 0.2) is 0 Å².